The second-order valence-electron chi connectivity index (χ2n) is 4.78. The van der Waals surface area contributed by atoms with Crippen LogP contribution in [-0.2, 0) is 12.6 Å². The smallest absolute Gasteiger partial charge is 0.294 e. The summed E-state index contributed by atoms with van der Waals surface area (Å²) >= 11 is 3.33. The third-order valence-corrected chi connectivity index (χ3v) is 3.73. The number of carbonyl (C=O) groups excluding carboxylic acids is 1. The molecule has 1 nitrogen and oxygen atoms in total. The Morgan fingerprint density at radius 1 is 1.10 bits per heavy atom. The number of hydrogen-bond donors (Lipinski definition) is 0. The van der Waals surface area contributed by atoms with Crippen LogP contribution >= 0.6 is 15.9 Å². The molecule has 0 unspecified atom stereocenters. The number of rotatable bonds is 3. The van der Waals surface area contributed by atoms with Crippen LogP contribution in [0.5, 0.6) is 0 Å². The minimum Gasteiger partial charge on any atom is -0.294 e. The first-order chi connectivity index (χ1) is 9.77. The van der Waals surface area contributed by atoms with Crippen LogP contribution in [0.1, 0.15) is 27.0 Å². The van der Waals surface area contributed by atoms with Crippen LogP contribution in [0.25, 0.3) is 0 Å². The number of carbonyl (C=O) groups is 1. The molecule has 0 aliphatic heterocycles. The van der Waals surface area contributed by atoms with Gasteiger partial charge in [-0.05, 0) is 42.3 Å². The van der Waals surface area contributed by atoms with Gasteiger partial charge in [-0.2, -0.15) is 13.2 Å². The molecule has 110 valence electrons. The lowest BCUT2D eigenvalue weighted by molar-refractivity contribution is -0.137. The molecule has 0 bridgehead atoms. The Morgan fingerprint density at radius 2 is 1.71 bits per heavy atom. The monoisotopic (exact) mass is 356 g/mol. The van der Waals surface area contributed by atoms with Gasteiger partial charge in [0.2, 0.25) is 0 Å². The van der Waals surface area contributed by atoms with E-state index in [0.29, 0.717) is 15.6 Å². The second kappa shape index (κ2) is 6.02. The fourth-order valence-corrected chi connectivity index (χ4v) is 2.65. The molecular weight excluding hydrogens is 345 g/mol. The number of aryl methyl sites for hydroxylation is 1. The van der Waals surface area contributed by atoms with Crippen molar-refractivity contribution in [2.45, 2.75) is 19.5 Å². The van der Waals surface area contributed by atoms with E-state index in [1.165, 1.54) is 12.1 Å². The number of halogens is 4. The average molecular weight is 357 g/mol. The molecule has 2 aromatic rings. The Hall–Kier alpha value is -1.62. The lowest BCUT2D eigenvalue weighted by Crippen LogP contribution is -2.07. The fraction of sp³-hybridized carbons (Fsp3) is 0.188. The fourth-order valence-electron chi connectivity index (χ4n) is 1.94. The van der Waals surface area contributed by atoms with E-state index in [2.05, 4.69) is 15.9 Å². The molecule has 0 heterocycles. The molecule has 0 radical (unpaired) electrons. The summed E-state index contributed by atoms with van der Waals surface area (Å²) in [4.78, 5) is 12.2. The number of Topliss-reactive ketones (excluding diaryl/α,β-unsaturated/α-hetero) is 1. The summed E-state index contributed by atoms with van der Waals surface area (Å²) in [6.45, 7) is 1.91. The molecule has 5 heteroatoms. The van der Waals surface area contributed by atoms with Crippen LogP contribution in [-0.4, -0.2) is 5.78 Å². The molecule has 0 fully saturated rings. The normalized spacial score (nSPS) is 11.5. The zero-order chi connectivity index (χ0) is 15.6. The standard InChI is InChI=1S/C16H12BrF3O/c1-10-2-7-13(14(17)8-10)15(21)9-11-3-5-12(6-4-11)16(18,19)20/h2-8H,9H2,1H3. The van der Waals surface area contributed by atoms with Crippen LogP contribution in [0.3, 0.4) is 0 Å². The van der Waals surface area contributed by atoms with Crippen LogP contribution in [0.4, 0.5) is 13.2 Å². The van der Waals surface area contributed by atoms with Crippen molar-refractivity contribution in [1.82, 2.24) is 0 Å². The highest BCUT2D eigenvalue weighted by Crippen LogP contribution is 2.29. The average Bonchev–Trinajstić information content (AvgIpc) is 2.38. The molecule has 0 spiro atoms. The quantitative estimate of drug-likeness (QED) is 0.690. The van der Waals surface area contributed by atoms with Crippen LogP contribution in [0.15, 0.2) is 46.9 Å². The molecular formula is C16H12BrF3O. The van der Waals surface area contributed by atoms with Gasteiger partial charge in [0, 0.05) is 16.5 Å². The summed E-state index contributed by atoms with van der Waals surface area (Å²) in [6, 6.07) is 10.0. The zero-order valence-electron chi connectivity index (χ0n) is 11.2. The highest BCUT2D eigenvalue weighted by atomic mass is 79.9. The number of ketones is 1. The molecule has 0 aliphatic rings. The first-order valence-electron chi connectivity index (χ1n) is 6.23. The number of hydrogen-bond acceptors (Lipinski definition) is 1. The highest BCUT2D eigenvalue weighted by molar-refractivity contribution is 9.10. The van der Waals surface area contributed by atoms with Crippen molar-refractivity contribution in [2.24, 2.45) is 0 Å². The maximum Gasteiger partial charge on any atom is 0.416 e. The SMILES string of the molecule is Cc1ccc(C(=O)Cc2ccc(C(F)(F)F)cc2)c(Br)c1. The summed E-state index contributed by atoms with van der Waals surface area (Å²) in [6.07, 6.45) is -4.29. The third kappa shape index (κ3) is 3.94. The van der Waals surface area contributed by atoms with Crippen LogP contribution in [0.2, 0.25) is 0 Å². The Kier molecular flexibility index (Phi) is 4.52. The van der Waals surface area contributed by atoms with Crippen molar-refractivity contribution in [3.05, 3.63) is 69.2 Å². The van der Waals surface area contributed by atoms with Crippen LogP contribution < -0.4 is 0 Å². The van der Waals surface area contributed by atoms with Gasteiger partial charge in [0.15, 0.2) is 5.78 Å². The van der Waals surface area contributed by atoms with E-state index < -0.39 is 11.7 Å². The van der Waals surface area contributed by atoms with Gasteiger partial charge < -0.3 is 0 Å². The minimum absolute atomic E-state index is 0.0692. The van der Waals surface area contributed by atoms with Crippen molar-refractivity contribution >= 4 is 21.7 Å². The van der Waals surface area contributed by atoms with Gasteiger partial charge in [-0.15, -0.1) is 0 Å². The molecule has 0 N–H and O–H groups in total. The van der Waals surface area contributed by atoms with E-state index in [1.807, 2.05) is 19.1 Å². The first kappa shape index (κ1) is 15.8. The lowest BCUT2D eigenvalue weighted by Gasteiger charge is -2.08. The van der Waals surface area contributed by atoms with E-state index in [0.717, 1.165) is 17.7 Å². The molecule has 21 heavy (non-hydrogen) atoms. The van der Waals surface area contributed by atoms with E-state index >= 15 is 0 Å². The zero-order valence-corrected chi connectivity index (χ0v) is 12.8. The van der Waals surface area contributed by atoms with Gasteiger partial charge in [-0.1, -0.05) is 34.1 Å². The molecule has 2 aromatic carbocycles. The predicted molar refractivity (Wildman–Crippen MR) is 78.4 cm³/mol. The summed E-state index contributed by atoms with van der Waals surface area (Å²) in [7, 11) is 0. The topological polar surface area (TPSA) is 17.1 Å². The highest BCUT2D eigenvalue weighted by Gasteiger charge is 2.30. The molecule has 0 aromatic heterocycles. The van der Waals surface area contributed by atoms with Crippen molar-refractivity contribution in [1.29, 1.82) is 0 Å². The molecule has 0 amide bonds. The predicted octanol–water partition coefficient (Wildman–Crippen LogP) is 5.20. The maximum absolute atomic E-state index is 12.5. The number of benzene rings is 2. The van der Waals surface area contributed by atoms with E-state index in [9.17, 15) is 18.0 Å². The van der Waals surface area contributed by atoms with E-state index in [4.69, 9.17) is 0 Å². The first-order valence-corrected chi connectivity index (χ1v) is 7.02. The van der Waals surface area contributed by atoms with Gasteiger partial charge >= 0.3 is 6.18 Å². The maximum atomic E-state index is 12.5. The van der Waals surface area contributed by atoms with Gasteiger partial charge in [0.05, 0.1) is 5.56 Å². The summed E-state index contributed by atoms with van der Waals surface area (Å²) in [5, 5.41) is 0. The van der Waals surface area contributed by atoms with Gasteiger partial charge in [-0.3, -0.25) is 4.79 Å². The Balaban J connectivity index is 2.16. The van der Waals surface area contributed by atoms with Crippen LogP contribution in [0, 0.1) is 6.92 Å². The molecule has 0 saturated heterocycles. The Bertz CT molecular complexity index is 660. The largest absolute Gasteiger partial charge is 0.416 e. The third-order valence-electron chi connectivity index (χ3n) is 3.07. The van der Waals surface area contributed by atoms with Crippen molar-refractivity contribution in [2.75, 3.05) is 0 Å². The molecule has 0 aliphatic carbocycles. The summed E-state index contributed by atoms with van der Waals surface area (Å²) in [5.74, 6) is -0.137. The lowest BCUT2D eigenvalue weighted by atomic mass is 10.0. The molecule has 2 rings (SSSR count). The van der Waals surface area contributed by atoms with E-state index in [-0.39, 0.29) is 12.2 Å². The number of alkyl halides is 3. The van der Waals surface area contributed by atoms with Gasteiger partial charge in [0.1, 0.15) is 0 Å². The summed E-state index contributed by atoms with van der Waals surface area (Å²) in [5.41, 5.74) is 1.39. The van der Waals surface area contributed by atoms with Gasteiger partial charge in [0.25, 0.3) is 0 Å². The minimum atomic E-state index is -4.36. The summed E-state index contributed by atoms with van der Waals surface area (Å²) < 4.78 is 38.1. The van der Waals surface area contributed by atoms with Crippen molar-refractivity contribution in [3.63, 3.8) is 0 Å². The van der Waals surface area contributed by atoms with E-state index in [1.54, 1.807) is 6.07 Å². The molecule has 0 saturated carbocycles. The van der Waals surface area contributed by atoms with Crippen molar-refractivity contribution < 1.29 is 18.0 Å². The Labute approximate surface area is 128 Å². The second-order valence-corrected chi connectivity index (χ2v) is 5.63. The van der Waals surface area contributed by atoms with Crippen molar-refractivity contribution in [3.8, 4) is 0 Å². The van der Waals surface area contributed by atoms with Gasteiger partial charge in [-0.25, -0.2) is 0 Å². The Morgan fingerprint density at radius 3 is 2.24 bits per heavy atom. The molecule has 0 atom stereocenters.